The Balaban J connectivity index is 1.71. The summed E-state index contributed by atoms with van der Waals surface area (Å²) >= 11 is 0. The van der Waals surface area contributed by atoms with Gasteiger partial charge in [-0.1, -0.05) is 30.3 Å². The van der Waals surface area contributed by atoms with E-state index in [0.717, 1.165) is 12.8 Å². The van der Waals surface area contributed by atoms with Crippen LogP contribution in [0.3, 0.4) is 0 Å². The zero-order valence-electron chi connectivity index (χ0n) is 17.4. The molecular formula is C23H28N2O5. The molecule has 0 aromatic heterocycles. The molecule has 2 amide bonds. The Morgan fingerprint density at radius 3 is 2.47 bits per heavy atom. The van der Waals surface area contributed by atoms with E-state index in [1.807, 2.05) is 18.2 Å². The summed E-state index contributed by atoms with van der Waals surface area (Å²) in [4.78, 5) is 24.2. The molecule has 1 saturated heterocycles. The van der Waals surface area contributed by atoms with E-state index >= 15 is 0 Å². The summed E-state index contributed by atoms with van der Waals surface area (Å²) in [5.74, 6) is 0.368. The molecule has 0 unspecified atom stereocenters. The molecule has 2 N–H and O–H groups in total. The number of likely N-dealkylation sites (N-methyl/N-ethyl adjacent to an activating group) is 1. The van der Waals surface area contributed by atoms with Crippen LogP contribution in [0.2, 0.25) is 0 Å². The highest BCUT2D eigenvalue weighted by Gasteiger charge is 2.34. The van der Waals surface area contributed by atoms with Gasteiger partial charge in [-0.15, -0.1) is 0 Å². The first-order valence-corrected chi connectivity index (χ1v) is 10.0. The predicted molar refractivity (Wildman–Crippen MR) is 113 cm³/mol. The second-order valence-electron chi connectivity index (χ2n) is 7.27. The maximum absolute atomic E-state index is 12.8. The molecule has 0 saturated carbocycles. The molecule has 1 fully saturated rings. The number of rotatable bonds is 8. The van der Waals surface area contributed by atoms with Crippen molar-refractivity contribution in [2.45, 2.75) is 18.3 Å². The SMILES string of the molecule is CNC(=O)COc1ccc(C(=O)NCC2(c3ccccc3)CCOCC2)cc1OC. The lowest BCUT2D eigenvalue weighted by molar-refractivity contribution is -0.122. The predicted octanol–water partition coefficient (Wildman–Crippen LogP) is 2.30. The van der Waals surface area contributed by atoms with E-state index in [4.69, 9.17) is 14.2 Å². The van der Waals surface area contributed by atoms with E-state index in [0.29, 0.717) is 36.8 Å². The molecule has 2 aromatic carbocycles. The lowest BCUT2D eigenvalue weighted by atomic mass is 9.74. The molecule has 0 spiro atoms. The summed E-state index contributed by atoms with van der Waals surface area (Å²) in [6, 6.07) is 15.2. The Morgan fingerprint density at radius 1 is 1.07 bits per heavy atom. The third kappa shape index (κ3) is 5.10. The van der Waals surface area contributed by atoms with Gasteiger partial charge in [0.15, 0.2) is 18.1 Å². The van der Waals surface area contributed by atoms with Crippen LogP contribution in [-0.4, -0.2) is 52.3 Å². The maximum atomic E-state index is 12.8. The molecule has 0 radical (unpaired) electrons. The van der Waals surface area contributed by atoms with Crippen molar-refractivity contribution in [3.63, 3.8) is 0 Å². The van der Waals surface area contributed by atoms with E-state index in [1.54, 1.807) is 18.2 Å². The summed E-state index contributed by atoms with van der Waals surface area (Å²) in [5, 5.41) is 5.57. The first-order chi connectivity index (χ1) is 14.6. The quantitative estimate of drug-likeness (QED) is 0.695. The van der Waals surface area contributed by atoms with E-state index in [2.05, 4.69) is 22.8 Å². The largest absolute Gasteiger partial charge is 0.493 e. The summed E-state index contributed by atoms with van der Waals surface area (Å²) in [6.45, 7) is 1.75. The minimum absolute atomic E-state index is 0.125. The zero-order chi connectivity index (χ0) is 21.4. The van der Waals surface area contributed by atoms with Gasteiger partial charge in [0.25, 0.3) is 11.8 Å². The molecule has 0 bridgehead atoms. The van der Waals surface area contributed by atoms with Crippen LogP contribution in [0.5, 0.6) is 11.5 Å². The van der Waals surface area contributed by atoms with Crippen molar-refractivity contribution in [2.24, 2.45) is 0 Å². The second-order valence-corrected chi connectivity index (χ2v) is 7.27. The van der Waals surface area contributed by atoms with Crippen LogP contribution in [0.4, 0.5) is 0 Å². The Morgan fingerprint density at radius 2 is 1.80 bits per heavy atom. The molecule has 0 aliphatic carbocycles. The fraction of sp³-hybridized carbons (Fsp3) is 0.391. The lowest BCUT2D eigenvalue weighted by Crippen LogP contribution is -2.44. The minimum Gasteiger partial charge on any atom is -0.493 e. The van der Waals surface area contributed by atoms with Crippen LogP contribution in [0, 0.1) is 0 Å². The van der Waals surface area contributed by atoms with Gasteiger partial charge in [0.2, 0.25) is 0 Å². The molecule has 160 valence electrons. The highest BCUT2D eigenvalue weighted by Crippen LogP contribution is 2.34. The van der Waals surface area contributed by atoms with E-state index < -0.39 is 0 Å². The number of hydrogen-bond acceptors (Lipinski definition) is 5. The number of nitrogens with one attached hydrogen (secondary N) is 2. The van der Waals surface area contributed by atoms with Gasteiger partial charge >= 0.3 is 0 Å². The molecule has 7 heteroatoms. The third-order valence-electron chi connectivity index (χ3n) is 5.49. The van der Waals surface area contributed by atoms with Crippen molar-refractivity contribution in [1.29, 1.82) is 0 Å². The fourth-order valence-electron chi connectivity index (χ4n) is 3.62. The van der Waals surface area contributed by atoms with Crippen molar-refractivity contribution in [3.05, 3.63) is 59.7 Å². The maximum Gasteiger partial charge on any atom is 0.257 e. The zero-order valence-corrected chi connectivity index (χ0v) is 17.4. The van der Waals surface area contributed by atoms with Gasteiger partial charge in [0, 0.05) is 37.8 Å². The van der Waals surface area contributed by atoms with E-state index in [-0.39, 0.29) is 23.8 Å². The van der Waals surface area contributed by atoms with Crippen molar-refractivity contribution in [2.75, 3.05) is 40.5 Å². The van der Waals surface area contributed by atoms with Crippen LogP contribution in [0.1, 0.15) is 28.8 Å². The van der Waals surface area contributed by atoms with E-state index in [1.165, 1.54) is 19.7 Å². The molecule has 1 aliphatic heterocycles. The molecule has 7 nitrogen and oxygen atoms in total. The minimum atomic E-state index is -0.249. The number of hydrogen-bond donors (Lipinski definition) is 2. The summed E-state index contributed by atoms with van der Waals surface area (Å²) in [7, 11) is 3.03. The average molecular weight is 412 g/mol. The topological polar surface area (TPSA) is 85.9 Å². The Bertz CT molecular complexity index is 863. The molecule has 30 heavy (non-hydrogen) atoms. The van der Waals surface area contributed by atoms with Crippen molar-refractivity contribution in [1.82, 2.24) is 10.6 Å². The number of carbonyl (C=O) groups is 2. The first-order valence-electron chi connectivity index (χ1n) is 10.0. The smallest absolute Gasteiger partial charge is 0.257 e. The summed E-state index contributed by atoms with van der Waals surface area (Å²) in [6.07, 6.45) is 1.71. The monoisotopic (exact) mass is 412 g/mol. The standard InChI is InChI=1S/C23H28N2O5/c1-24-21(26)15-30-19-9-8-17(14-20(19)28-2)22(27)25-16-23(10-12-29-13-11-23)18-6-4-3-5-7-18/h3-9,14H,10-13,15-16H2,1-2H3,(H,24,26)(H,25,27). The number of amides is 2. The lowest BCUT2D eigenvalue weighted by Gasteiger charge is -2.38. The molecule has 2 aromatic rings. The Kier molecular flexibility index (Phi) is 7.30. The fourth-order valence-corrected chi connectivity index (χ4v) is 3.62. The van der Waals surface area contributed by atoms with E-state index in [9.17, 15) is 9.59 Å². The molecular weight excluding hydrogens is 384 g/mol. The van der Waals surface area contributed by atoms with Crippen molar-refractivity contribution < 1.29 is 23.8 Å². The van der Waals surface area contributed by atoms with Crippen LogP contribution in [0.25, 0.3) is 0 Å². The first kappa shape index (κ1) is 21.6. The molecule has 0 atom stereocenters. The van der Waals surface area contributed by atoms with Crippen LogP contribution in [-0.2, 0) is 14.9 Å². The summed E-state index contributed by atoms with van der Waals surface area (Å²) < 4.78 is 16.4. The summed E-state index contributed by atoms with van der Waals surface area (Å²) in [5.41, 5.74) is 1.54. The second kappa shape index (κ2) is 10.1. The molecule has 3 rings (SSSR count). The van der Waals surface area contributed by atoms with Crippen LogP contribution in [0.15, 0.2) is 48.5 Å². The van der Waals surface area contributed by atoms with Crippen molar-refractivity contribution >= 4 is 11.8 Å². The number of benzene rings is 2. The number of carbonyl (C=O) groups excluding carboxylic acids is 2. The number of methoxy groups -OCH3 is 1. The van der Waals surface area contributed by atoms with Gasteiger partial charge < -0.3 is 24.8 Å². The van der Waals surface area contributed by atoms with Gasteiger partial charge in [0.05, 0.1) is 7.11 Å². The van der Waals surface area contributed by atoms with Gasteiger partial charge in [-0.3, -0.25) is 9.59 Å². The number of ether oxygens (including phenoxy) is 3. The highest BCUT2D eigenvalue weighted by atomic mass is 16.5. The normalized spacial score (nSPS) is 15.1. The van der Waals surface area contributed by atoms with Gasteiger partial charge in [-0.25, -0.2) is 0 Å². The Labute approximate surface area is 176 Å². The Hall–Kier alpha value is -3.06. The van der Waals surface area contributed by atoms with Gasteiger partial charge in [0.1, 0.15) is 0 Å². The van der Waals surface area contributed by atoms with Crippen LogP contribution >= 0.6 is 0 Å². The average Bonchev–Trinajstić information content (AvgIpc) is 2.82. The van der Waals surface area contributed by atoms with Crippen molar-refractivity contribution in [3.8, 4) is 11.5 Å². The van der Waals surface area contributed by atoms with Gasteiger partial charge in [-0.05, 0) is 36.6 Å². The molecule has 1 aliphatic rings. The van der Waals surface area contributed by atoms with Gasteiger partial charge in [-0.2, -0.15) is 0 Å². The molecule has 1 heterocycles. The van der Waals surface area contributed by atoms with Crippen LogP contribution < -0.4 is 20.1 Å². The third-order valence-corrected chi connectivity index (χ3v) is 5.49. The highest BCUT2D eigenvalue weighted by molar-refractivity contribution is 5.95.